The van der Waals surface area contributed by atoms with Crippen LogP contribution in [0.25, 0.3) is 11.1 Å². The lowest BCUT2D eigenvalue weighted by Crippen LogP contribution is -2.46. The van der Waals surface area contributed by atoms with Gasteiger partial charge in [-0.05, 0) is 54.4 Å². The normalized spacial score (nSPS) is 14.7. The van der Waals surface area contributed by atoms with E-state index in [1.54, 1.807) is 24.4 Å². The molecule has 214 valence electrons. The number of nitrogens with zero attached hydrogens (tertiary/aromatic N) is 5. The molecule has 0 bridgehead atoms. The number of halogens is 6. The topological polar surface area (TPSA) is 83.5 Å². The molecule has 1 amide bonds. The smallest absolute Gasteiger partial charge is 0.416 e. The van der Waals surface area contributed by atoms with Crippen LogP contribution in [-0.2, 0) is 12.7 Å². The molecule has 14 heteroatoms. The molecule has 1 N–H and O–H groups in total. The highest BCUT2D eigenvalue weighted by Crippen LogP contribution is 2.34. The molecule has 8 nitrogen and oxygen atoms in total. The SMILES string of the molecule is CCOc1cncc(-c2cc(CN3CCN(c4ccc(C(=O)NCC(F)(F)F)nn4)CC3)cc(C(F)(F)F)c2)c1. The van der Waals surface area contributed by atoms with Crippen LogP contribution < -0.4 is 15.0 Å². The number of alkyl halides is 6. The predicted octanol–water partition coefficient (Wildman–Crippen LogP) is 4.57. The van der Waals surface area contributed by atoms with Crippen LogP contribution in [-0.4, -0.2) is 71.5 Å². The van der Waals surface area contributed by atoms with Crippen LogP contribution in [0.15, 0.2) is 48.8 Å². The van der Waals surface area contributed by atoms with Crippen LogP contribution in [0, 0.1) is 0 Å². The van der Waals surface area contributed by atoms with Gasteiger partial charge in [-0.25, -0.2) is 0 Å². The minimum atomic E-state index is -4.54. The van der Waals surface area contributed by atoms with Crippen LogP contribution in [0.1, 0.15) is 28.5 Å². The standard InChI is InChI=1S/C26H26F6N6O2/c1-2-40-21-12-19(13-33-14-21)18-9-17(10-20(11-18)26(30,31)32)15-37-5-7-38(8-6-37)23-4-3-22(35-36-23)24(39)34-16-25(27,28)29/h3-4,9-14H,2,5-8,15-16H2,1H3,(H,34,39). The van der Waals surface area contributed by atoms with Crippen molar-refractivity contribution in [3.63, 3.8) is 0 Å². The zero-order valence-corrected chi connectivity index (χ0v) is 21.4. The lowest BCUT2D eigenvalue weighted by atomic mass is 10.00. The van der Waals surface area contributed by atoms with E-state index in [9.17, 15) is 31.1 Å². The van der Waals surface area contributed by atoms with Crippen LogP contribution in [0.3, 0.4) is 0 Å². The van der Waals surface area contributed by atoms with Crippen molar-refractivity contribution < 1.29 is 35.9 Å². The third kappa shape index (κ3) is 7.81. The Labute approximate surface area is 226 Å². The van der Waals surface area contributed by atoms with Crippen LogP contribution in [0.4, 0.5) is 32.2 Å². The second kappa shape index (κ2) is 12.1. The number of piperazine rings is 1. The summed E-state index contributed by atoms with van der Waals surface area (Å²) >= 11 is 0. The largest absolute Gasteiger partial charge is 0.492 e. The van der Waals surface area contributed by atoms with E-state index in [1.165, 1.54) is 24.5 Å². The summed E-state index contributed by atoms with van der Waals surface area (Å²) in [6.07, 6.45) is -6.07. The summed E-state index contributed by atoms with van der Waals surface area (Å²) in [5, 5.41) is 9.42. The first kappa shape index (κ1) is 29.1. The van der Waals surface area contributed by atoms with Crippen molar-refractivity contribution in [3.8, 4) is 16.9 Å². The molecule has 1 saturated heterocycles. The highest BCUT2D eigenvalue weighted by molar-refractivity contribution is 5.92. The van der Waals surface area contributed by atoms with Gasteiger partial charge in [-0.1, -0.05) is 0 Å². The number of aromatic nitrogens is 3. The van der Waals surface area contributed by atoms with Gasteiger partial charge >= 0.3 is 12.4 Å². The Bertz CT molecular complexity index is 1310. The summed E-state index contributed by atoms with van der Waals surface area (Å²) in [7, 11) is 0. The molecule has 3 aromatic rings. The molecule has 0 saturated carbocycles. The molecular weight excluding hydrogens is 542 g/mol. The van der Waals surface area contributed by atoms with Gasteiger partial charge in [0.25, 0.3) is 5.91 Å². The maximum atomic E-state index is 13.7. The number of nitrogens with one attached hydrogen (secondary N) is 1. The number of amides is 1. The fraction of sp³-hybridized carbons (Fsp3) is 0.385. The van der Waals surface area contributed by atoms with Gasteiger partial charge in [0.05, 0.1) is 18.4 Å². The molecule has 0 spiro atoms. The van der Waals surface area contributed by atoms with Crippen molar-refractivity contribution in [1.82, 2.24) is 25.4 Å². The summed E-state index contributed by atoms with van der Waals surface area (Å²) in [6, 6.07) is 8.39. The Balaban J connectivity index is 1.41. The van der Waals surface area contributed by atoms with Crippen molar-refractivity contribution in [3.05, 3.63) is 65.6 Å². The average Bonchev–Trinajstić information content (AvgIpc) is 2.91. The van der Waals surface area contributed by atoms with Crippen LogP contribution in [0.5, 0.6) is 5.75 Å². The van der Waals surface area contributed by atoms with E-state index in [-0.39, 0.29) is 12.2 Å². The molecule has 0 radical (unpaired) electrons. The fourth-order valence-electron chi connectivity index (χ4n) is 4.22. The fourth-order valence-corrected chi connectivity index (χ4v) is 4.22. The van der Waals surface area contributed by atoms with Gasteiger partial charge in [-0.15, -0.1) is 10.2 Å². The molecule has 1 fully saturated rings. The van der Waals surface area contributed by atoms with E-state index >= 15 is 0 Å². The molecular formula is C26H26F6N6O2. The summed E-state index contributed by atoms with van der Waals surface area (Å²) in [6.45, 7) is 3.02. The number of carbonyl (C=O) groups excluding carboxylic acids is 1. The molecule has 0 unspecified atom stereocenters. The zero-order valence-electron chi connectivity index (χ0n) is 21.4. The number of carbonyl (C=O) groups is 1. The third-order valence-electron chi connectivity index (χ3n) is 6.11. The maximum absolute atomic E-state index is 13.7. The monoisotopic (exact) mass is 568 g/mol. The molecule has 1 aliphatic rings. The van der Waals surface area contributed by atoms with Crippen LogP contribution >= 0.6 is 0 Å². The molecule has 0 atom stereocenters. The number of anilines is 1. The van der Waals surface area contributed by atoms with Gasteiger partial charge < -0.3 is 15.0 Å². The minimum absolute atomic E-state index is 0.242. The second-order valence-electron chi connectivity index (χ2n) is 9.10. The lowest BCUT2D eigenvalue weighted by molar-refractivity contribution is -0.137. The lowest BCUT2D eigenvalue weighted by Gasteiger charge is -2.35. The Morgan fingerprint density at radius 2 is 1.70 bits per heavy atom. The molecule has 40 heavy (non-hydrogen) atoms. The van der Waals surface area contributed by atoms with E-state index in [4.69, 9.17) is 4.74 Å². The first-order valence-corrected chi connectivity index (χ1v) is 12.4. The van der Waals surface area contributed by atoms with Gasteiger partial charge in [0, 0.05) is 44.5 Å². The Kier molecular flexibility index (Phi) is 8.76. The number of hydrogen-bond acceptors (Lipinski definition) is 7. The quantitative estimate of drug-likeness (QED) is 0.399. The van der Waals surface area contributed by atoms with Crippen molar-refractivity contribution in [1.29, 1.82) is 0 Å². The van der Waals surface area contributed by atoms with Crippen molar-refractivity contribution in [2.45, 2.75) is 25.8 Å². The number of benzene rings is 1. The first-order chi connectivity index (χ1) is 18.9. The zero-order chi connectivity index (χ0) is 28.9. The van der Waals surface area contributed by atoms with E-state index in [0.717, 1.165) is 12.1 Å². The van der Waals surface area contributed by atoms with E-state index < -0.39 is 30.4 Å². The third-order valence-corrected chi connectivity index (χ3v) is 6.11. The number of rotatable bonds is 8. The first-order valence-electron chi connectivity index (χ1n) is 12.4. The van der Waals surface area contributed by atoms with Crippen molar-refractivity contribution in [2.24, 2.45) is 0 Å². The van der Waals surface area contributed by atoms with Gasteiger partial charge in [0.1, 0.15) is 12.3 Å². The molecule has 2 aromatic heterocycles. The molecule has 1 aromatic carbocycles. The molecule has 3 heterocycles. The summed E-state index contributed by atoms with van der Waals surface area (Å²) in [5.74, 6) is -0.0785. The molecule has 4 rings (SSSR count). The number of ether oxygens (including phenoxy) is 1. The maximum Gasteiger partial charge on any atom is 0.416 e. The van der Waals surface area contributed by atoms with Crippen molar-refractivity contribution in [2.75, 3.05) is 44.2 Å². The number of pyridine rings is 1. The summed E-state index contributed by atoms with van der Waals surface area (Å²) in [4.78, 5) is 19.8. The van der Waals surface area contributed by atoms with E-state index in [1.807, 2.05) is 9.80 Å². The second-order valence-corrected chi connectivity index (χ2v) is 9.10. The Hall–Kier alpha value is -3.94. The van der Waals surface area contributed by atoms with Crippen LogP contribution in [0.2, 0.25) is 0 Å². The highest BCUT2D eigenvalue weighted by atomic mass is 19.4. The van der Waals surface area contributed by atoms with Gasteiger partial charge in [-0.2, -0.15) is 26.3 Å². The molecule has 1 aliphatic heterocycles. The van der Waals surface area contributed by atoms with Gasteiger partial charge in [0.15, 0.2) is 11.5 Å². The summed E-state index contributed by atoms with van der Waals surface area (Å²) < 4.78 is 83.5. The van der Waals surface area contributed by atoms with Crippen molar-refractivity contribution >= 4 is 11.7 Å². The average molecular weight is 569 g/mol. The Morgan fingerprint density at radius 3 is 2.33 bits per heavy atom. The minimum Gasteiger partial charge on any atom is -0.492 e. The highest BCUT2D eigenvalue weighted by Gasteiger charge is 2.32. The summed E-state index contributed by atoms with van der Waals surface area (Å²) in [5.41, 5.74) is 0.391. The molecule has 0 aliphatic carbocycles. The van der Waals surface area contributed by atoms with Gasteiger partial charge in [-0.3, -0.25) is 14.7 Å². The number of hydrogen-bond donors (Lipinski definition) is 1. The predicted molar refractivity (Wildman–Crippen MR) is 134 cm³/mol. The van der Waals surface area contributed by atoms with E-state index in [2.05, 4.69) is 15.2 Å². The Morgan fingerprint density at radius 1 is 0.950 bits per heavy atom. The van der Waals surface area contributed by atoms with Gasteiger partial charge in [0.2, 0.25) is 0 Å². The van der Waals surface area contributed by atoms with E-state index in [0.29, 0.717) is 61.0 Å².